The summed E-state index contributed by atoms with van der Waals surface area (Å²) >= 11 is 6.56. The molecule has 1 aromatic heterocycles. The zero-order chi connectivity index (χ0) is 7.56. The highest BCUT2D eigenvalue weighted by molar-refractivity contribution is 7.15. The Morgan fingerprint density at radius 1 is 1.90 bits per heavy atom. The SMILES string of the molecule is O=[N+]([O-])Cc1cnc(Cl)s1. The van der Waals surface area contributed by atoms with Crippen molar-refractivity contribution in [3.63, 3.8) is 0 Å². The number of nitro groups is 1. The van der Waals surface area contributed by atoms with E-state index in [0.717, 1.165) is 11.3 Å². The van der Waals surface area contributed by atoms with E-state index in [1.807, 2.05) is 0 Å². The first-order valence-electron chi connectivity index (χ1n) is 2.40. The summed E-state index contributed by atoms with van der Waals surface area (Å²) in [4.78, 5) is 13.7. The van der Waals surface area contributed by atoms with Crippen molar-refractivity contribution >= 4 is 22.9 Å². The second-order valence-electron chi connectivity index (χ2n) is 1.57. The minimum absolute atomic E-state index is 0.190. The van der Waals surface area contributed by atoms with Crippen LogP contribution >= 0.6 is 22.9 Å². The lowest BCUT2D eigenvalue weighted by Gasteiger charge is -1.83. The fourth-order valence-electron chi connectivity index (χ4n) is 0.484. The number of nitrogens with zero attached hydrogens (tertiary/aromatic N) is 2. The lowest BCUT2D eigenvalue weighted by Crippen LogP contribution is -1.94. The van der Waals surface area contributed by atoms with Gasteiger partial charge in [0.15, 0.2) is 4.47 Å². The molecule has 54 valence electrons. The third-order valence-electron chi connectivity index (χ3n) is 0.810. The van der Waals surface area contributed by atoms with E-state index in [4.69, 9.17) is 11.6 Å². The molecule has 0 aromatic carbocycles. The Morgan fingerprint density at radius 2 is 2.60 bits per heavy atom. The molecule has 0 radical (unpaired) electrons. The number of rotatable bonds is 2. The van der Waals surface area contributed by atoms with Gasteiger partial charge in [-0.1, -0.05) is 11.6 Å². The average molecular weight is 179 g/mol. The van der Waals surface area contributed by atoms with E-state index in [-0.39, 0.29) is 6.54 Å². The topological polar surface area (TPSA) is 56.0 Å². The first-order valence-corrected chi connectivity index (χ1v) is 3.60. The minimum Gasteiger partial charge on any atom is -0.264 e. The molecule has 0 saturated carbocycles. The first kappa shape index (κ1) is 7.43. The average Bonchev–Trinajstić information content (AvgIpc) is 2.13. The van der Waals surface area contributed by atoms with Crippen molar-refractivity contribution in [2.75, 3.05) is 0 Å². The molecule has 0 fully saturated rings. The molecular weight excluding hydrogens is 176 g/mol. The maximum Gasteiger partial charge on any atom is 0.239 e. The molecule has 4 nitrogen and oxygen atoms in total. The zero-order valence-electron chi connectivity index (χ0n) is 4.78. The summed E-state index contributed by atoms with van der Waals surface area (Å²) in [5.74, 6) is 0. The van der Waals surface area contributed by atoms with Crippen LogP contribution < -0.4 is 0 Å². The van der Waals surface area contributed by atoms with Crippen LogP contribution in [-0.2, 0) is 6.54 Å². The summed E-state index contributed by atoms with van der Waals surface area (Å²) in [5.41, 5.74) is 0. The van der Waals surface area contributed by atoms with Gasteiger partial charge in [-0.2, -0.15) is 0 Å². The van der Waals surface area contributed by atoms with Gasteiger partial charge in [-0.25, -0.2) is 4.98 Å². The Hall–Kier alpha value is -0.680. The lowest BCUT2D eigenvalue weighted by atomic mass is 10.6. The van der Waals surface area contributed by atoms with Gasteiger partial charge in [-0.15, -0.1) is 11.3 Å². The number of hydrogen-bond acceptors (Lipinski definition) is 4. The zero-order valence-corrected chi connectivity index (χ0v) is 6.35. The normalized spacial score (nSPS) is 9.70. The maximum absolute atomic E-state index is 9.92. The van der Waals surface area contributed by atoms with Gasteiger partial charge in [0, 0.05) is 11.1 Å². The van der Waals surface area contributed by atoms with Gasteiger partial charge in [0.2, 0.25) is 6.54 Å². The van der Waals surface area contributed by atoms with Crippen LogP contribution in [0.2, 0.25) is 4.47 Å². The standard InChI is InChI=1S/C4H3ClN2O2S/c5-4-6-1-3(10-4)2-7(8)9/h1H,2H2. The van der Waals surface area contributed by atoms with Crippen LogP contribution in [0.4, 0.5) is 0 Å². The van der Waals surface area contributed by atoms with Crippen LogP contribution in [0.5, 0.6) is 0 Å². The molecule has 0 amide bonds. The van der Waals surface area contributed by atoms with Crippen molar-refractivity contribution < 1.29 is 4.92 Å². The highest BCUT2D eigenvalue weighted by Gasteiger charge is 2.04. The molecule has 0 aliphatic rings. The summed E-state index contributed by atoms with van der Waals surface area (Å²) in [6.45, 7) is -0.190. The van der Waals surface area contributed by atoms with Gasteiger partial charge in [0.05, 0.1) is 4.88 Å². The number of hydrogen-bond donors (Lipinski definition) is 0. The van der Waals surface area contributed by atoms with Gasteiger partial charge < -0.3 is 0 Å². The van der Waals surface area contributed by atoms with Crippen LogP contribution in [0, 0.1) is 10.1 Å². The van der Waals surface area contributed by atoms with E-state index < -0.39 is 4.92 Å². The van der Waals surface area contributed by atoms with Crippen LogP contribution in [0.1, 0.15) is 4.88 Å². The minimum atomic E-state index is -0.413. The fourth-order valence-corrected chi connectivity index (χ4v) is 1.43. The second-order valence-corrected chi connectivity index (χ2v) is 3.27. The molecule has 6 heteroatoms. The molecule has 0 N–H and O–H groups in total. The third kappa shape index (κ3) is 1.93. The molecule has 1 aromatic rings. The number of thiazole rings is 1. The van der Waals surface area contributed by atoms with Gasteiger partial charge in [0.25, 0.3) is 0 Å². The van der Waals surface area contributed by atoms with Gasteiger partial charge >= 0.3 is 0 Å². The van der Waals surface area contributed by atoms with Crippen LogP contribution in [0.15, 0.2) is 6.20 Å². The molecule has 0 aliphatic carbocycles. The van der Waals surface area contributed by atoms with E-state index in [0.29, 0.717) is 9.34 Å². The highest BCUT2D eigenvalue weighted by atomic mass is 35.5. The summed E-state index contributed by atoms with van der Waals surface area (Å²) in [5, 5.41) is 9.92. The van der Waals surface area contributed by atoms with Crippen molar-refractivity contribution in [3.8, 4) is 0 Å². The van der Waals surface area contributed by atoms with Crippen LogP contribution in [0.3, 0.4) is 0 Å². The molecule has 0 saturated heterocycles. The Kier molecular flexibility index (Phi) is 2.18. The predicted octanol–water partition coefficient (Wildman–Crippen LogP) is 1.57. The van der Waals surface area contributed by atoms with Gasteiger partial charge in [0.1, 0.15) is 0 Å². The number of aromatic nitrogens is 1. The monoisotopic (exact) mass is 178 g/mol. The lowest BCUT2D eigenvalue weighted by molar-refractivity contribution is -0.496. The van der Waals surface area contributed by atoms with E-state index in [9.17, 15) is 10.1 Å². The summed E-state index contributed by atoms with van der Waals surface area (Å²) in [6.07, 6.45) is 1.41. The van der Waals surface area contributed by atoms with Crippen molar-refractivity contribution in [2.24, 2.45) is 0 Å². The highest BCUT2D eigenvalue weighted by Crippen LogP contribution is 2.17. The molecule has 0 unspecified atom stereocenters. The summed E-state index contributed by atoms with van der Waals surface area (Å²) in [6, 6.07) is 0. The van der Waals surface area contributed by atoms with E-state index in [2.05, 4.69) is 4.98 Å². The quantitative estimate of drug-likeness (QED) is 0.510. The molecule has 1 rings (SSSR count). The van der Waals surface area contributed by atoms with Gasteiger partial charge in [-0.05, 0) is 0 Å². The Labute approximate surface area is 65.6 Å². The van der Waals surface area contributed by atoms with Crippen molar-refractivity contribution in [2.45, 2.75) is 6.54 Å². The fraction of sp³-hybridized carbons (Fsp3) is 0.250. The molecule has 1 heterocycles. The van der Waals surface area contributed by atoms with E-state index in [1.165, 1.54) is 6.20 Å². The Bertz CT molecular complexity index is 249. The second kappa shape index (κ2) is 2.94. The summed E-state index contributed by atoms with van der Waals surface area (Å²) < 4.78 is 0.344. The maximum atomic E-state index is 9.92. The van der Waals surface area contributed by atoms with Crippen LogP contribution in [0.25, 0.3) is 0 Å². The van der Waals surface area contributed by atoms with Crippen molar-refractivity contribution in [3.05, 3.63) is 25.7 Å². The van der Waals surface area contributed by atoms with E-state index >= 15 is 0 Å². The molecule has 0 bridgehead atoms. The van der Waals surface area contributed by atoms with E-state index in [1.54, 1.807) is 0 Å². The number of halogens is 1. The smallest absolute Gasteiger partial charge is 0.239 e. The Morgan fingerprint density at radius 3 is 3.00 bits per heavy atom. The summed E-state index contributed by atoms with van der Waals surface area (Å²) in [7, 11) is 0. The predicted molar refractivity (Wildman–Crippen MR) is 37.8 cm³/mol. The van der Waals surface area contributed by atoms with Crippen molar-refractivity contribution in [1.29, 1.82) is 0 Å². The molecule has 10 heavy (non-hydrogen) atoms. The molecular formula is C4H3ClN2O2S. The van der Waals surface area contributed by atoms with Crippen LogP contribution in [-0.4, -0.2) is 9.91 Å². The third-order valence-corrected chi connectivity index (χ3v) is 1.91. The Balaban J connectivity index is 2.67. The first-order chi connectivity index (χ1) is 4.68. The van der Waals surface area contributed by atoms with Crippen molar-refractivity contribution in [1.82, 2.24) is 4.98 Å². The largest absolute Gasteiger partial charge is 0.264 e. The molecule has 0 spiro atoms. The molecule has 0 atom stereocenters. The van der Waals surface area contributed by atoms with Gasteiger partial charge in [-0.3, -0.25) is 10.1 Å². The molecule has 0 aliphatic heterocycles.